The Morgan fingerprint density at radius 1 is 1.07 bits per heavy atom. The van der Waals surface area contributed by atoms with Crippen molar-refractivity contribution < 1.29 is 17.9 Å². The Labute approximate surface area is 172 Å². The predicted octanol–water partition coefficient (Wildman–Crippen LogP) is 5.12. The van der Waals surface area contributed by atoms with Crippen molar-refractivity contribution in [1.82, 2.24) is 4.98 Å². The summed E-state index contributed by atoms with van der Waals surface area (Å²) >= 11 is 0. The van der Waals surface area contributed by atoms with Gasteiger partial charge in [-0.05, 0) is 43.0 Å². The van der Waals surface area contributed by atoms with Gasteiger partial charge in [-0.15, -0.1) is 0 Å². The lowest BCUT2D eigenvalue weighted by Crippen LogP contribution is -2.42. The molecule has 0 spiro atoms. The van der Waals surface area contributed by atoms with Crippen molar-refractivity contribution >= 4 is 16.6 Å². The van der Waals surface area contributed by atoms with E-state index in [1.165, 1.54) is 6.07 Å². The highest BCUT2D eigenvalue weighted by atomic mass is 19.4. The monoisotopic (exact) mass is 416 g/mol. The molecule has 1 aliphatic rings. The third-order valence-electron chi connectivity index (χ3n) is 5.51. The maximum absolute atomic E-state index is 13.5. The third-order valence-corrected chi connectivity index (χ3v) is 5.51. The van der Waals surface area contributed by atoms with Crippen molar-refractivity contribution in [2.75, 3.05) is 18.1 Å². The summed E-state index contributed by atoms with van der Waals surface area (Å²) in [5.41, 5.74) is 0.328. The largest absolute Gasteiger partial charge is 0.417 e. The molecule has 4 rings (SSSR count). The van der Waals surface area contributed by atoms with Crippen molar-refractivity contribution in [3.05, 3.63) is 76.1 Å². The molecule has 1 saturated heterocycles. The fourth-order valence-corrected chi connectivity index (χ4v) is 4.06. The zero-order valence-corrected chi connectivity index (χ0v) is 16.4. The third kappa shape index (κ3) is 4.51. The van der Waals surface area contributed by atoms with Crippen molar-refractivity contribution in [2.45, 2.75) is 38.1 Å². The number of H-pyrrole nitrogens is 1. The zero-order valence-electron chi connectivity index (χ0n) is 16.4. The summed E-state index contributed by atoms with van der Waals surface area (Å²) in [7, 11) is 0. The lowest BCUT2D eigenvalue weighted by Gasteiger charge is -2.37. The molecular weight excluding hydrogens is 393 g/mol. The number of anilines is 1. The molecule has 4 nitrogen and oxygen atoms in total. The fourth-order valence-electron chi connectivity index (χ4n) is 4.06. The number of piperidine rings is 1. The number of aromatic amines is 1. The van der Waals surface area contributed by atoms with Gasteiger partial charge in [0.05, 0.1) is 24.8 Å². The van der Waals surface area contributed by atoms with Crippen LogP contribution in [0.1, 0.15) is 30.4 Å². The van der Waals surface area contributed by atoms with Crippen LogP contribution in [0.4, 0.5) is 18.9 Å². The fraction of sp³-hybridized carbons (Fsp3) is 0.348. The molecule has 0 aliphatic carbocycles. The standard InChI is InChI=1S/C23H23F3N2O2/c24-23(25,26)20-13-22(29)27-21-10-9-17(12-19(20)21)28-11-5-4-8-18(28)15-30-14-16-6-2-1-3-7-16/h1-3,6-7,9-10,12-13,18H,4-5,8,11,14-15H2,(H,27,29)/t18-/m1/s1. The van der Waals surface area contributed by atoms with E-state index in [9.17, 15) is 18.0 Å². The van der Waals surface area contributed by atoms with Crippen LogP contribution in [0.2, 0.25) is 0 Å². The second-order valence-electron chi connectivity index (χ2n) is 7.62. The first-order valence-corrected chi connectivity index (χ1v) is 10.0. The highest BCUT2D eigenvalue weighted by molar-refractivity contribution is 5.86. The number of fused-ring (bicyclic) bond motifs is 1. The minimum Gasteiger partial charge on any atom is -0.375 e. The molecule has 0 unspecified atom stereocenters. The molecule has 0 amide bonds. The number of alkyl halides is 3. The van der Waals surface area contributed by atoms with Crippen LogP contribution in [0.15, 0.2) is 59.4 Å². The number of pyridine rings is 1. The molecule has 1 aliphatic heterocycles. The van der Waals surface area contributed by atoms with Gasteiger partial charge in [0.15, 0.2) is 0 Å². The van der Waals surface area contributed by atoms with Crippen molar-refractivity contribution in [2.24, 2.45) is 0 Å². The van der Waals surface area contributed by atoms with E-state index in [1.807, 2.05) is 30.3 Å². The van der Waals surface area contributed by atoms with E-state index in [-0.39, 0.29) is 16.9 Å². The van der Waals surface area contributed by atoms with Crippen LogP contribution in [0.5, 0.6) is 0 Å². The minimum absolute atomic E-state index is 0.00845. The number of nitrogens with one attached hydrogen (secondary N) is 1. The summed E-state index contributed by atoms with van der Waals surface area (Å²) in [4.78, 5) is 16.3. The number of rotatable bonds is 5. The number of ether oxygens (including phenoxy) is 1. The van der Waals surface area contributed by atoms with Crippen molar-refractivity contribution in [1.29, 1.82) is 0 Å². The summed E-state index contributed by atoms with van der Waals surface area (Å²) in [6.45, 7) is 1.77. The van der Waals surface area contributed by atoms with E-state index in [0.717, 1.165) is 31.4 Å². The molecule has 0 radical (unpaired) electrons. The minimum atomic E-state index is -4.59. The SMILES string of the molecule is O=c1cc(C(F)(F)F)c2cc(N3CCCC[C@@H]3COCc3ccccc3)ccc2[nH]1. The zero-order chi connectivity index (χ0) is 21.1. The van der Waals surface area contributed by atoms with Gasteiger partial charge in [0.2, 0.25) is 5.56 Å². The second-order valence-corrected chi connectivity index (χ2v) is 7.62. The predicted molar refractivity (Wildman–Crippen MR) is 111 cm³/mol. The van der Waals surface area contributed by atoms with Crippen LogP contribution in [0.3, 0.4) is 0 Å². The second kappa shape index (κ2) is 8.52. The molecule has 1 aromatic heterocycles. The maximum Gasteiger partial charge on any atom is 0.417 e. The van der Waals surface area contributed by atoms with Gasteiger partial charge in [0, 0.05) is 29.2 Å². The number of halogens is 3. The quantitative estimate of drug-likeness (QED) is 0.628. The highest BCUT2D eigenvalue weighted by Gasteiger charge is 2.33. The first kappa shape index (κ1) is 20.5. The smallest absolute Gasteiger partial charge is 0.375 e. The van der Waals surface area contributed by atoms with Gasteiger partial charge >= 0.3 is 6.18 Å². The van der Waals surface area contributed by atoms with E-state index in [0.29, 0.717) is 25.0 Å². The van der Waals surface area contributed by atoms with E-state index >= 15 is 0 Å². The summed E-state index contributed by atoms with van der Waals surface area (Å²) in [6, 6.07) is 15.5. The van der Waals surface area contributed by atoms with E-state index in [1.54, 1.807) is 12.1 Å². The normalized spacial score (nSPS) is 17.4. The van der Waals surface area contributed by atoms with Gasteiger partial charge in [-0.3, -0.25) is 4.79 Å². The average Bonchev–Trinajstić information content (AvgIpc) is 2.73. The average molecular weight is 416 g/mol. The first-order chi connectivity index (χ1) is 14.4. The molecule has 158 valence electrons. The Kier molecular flexibility index (Phi) is 5.81. The molecule has 1 N–H and O–H groups in total. The summed E-state index contributed by atoms with van der Waals surface area (Å²) in [5.74, 6) is 0. The molecule has 30 heavy (non-hydrogen) atoms. The van der Waals surface area contributed by atoms with Crippen LogP contribution in [-0.4, -0.2) is 24.2 Å². The molecule has 0 saturated carbocycles. The lowest BCUT2D eigenvalue weighted by atomic mass is 10.0. The number of hydrogen-bond donors (Lipinski definition) is 1. The van der Waals surface area contributed by atoms with Crippen molar-refractivity contribution in [3.8, 4) is 0 Å². The first-order valence-electron chi connectivity index (χ1n) is 10.0. The van der Waals surface area contributed by atoms with Crippen LogP contribution in [0, 0.1) is 0 Å². The van der Waals surface area contributed by atoms with Gasteiger partial charge in [0.25, 0.3) is 0 Å². The lowest BCUT2D eigenvalue weighted by molar-refractivity contribution is -0.136. The Morgan fingerprint density at radius 2 is 1.87 bits per heavy atom. The number of hydrogen-bond acceptors (Lipinski definition) is 3. The van der Waals surface area contributed by atoms with E-state index < -0.39 is 17.3 Å². The molecule has 3 aromatic rings. The molecule has 1 atom stereocenters. The summed E-state index contributed by atoms with van der Waals surface area (Å²) in [5, 5.41) is 0.00845. The molecular formula is C23H23F3N2O2. The summed E-state index contributed by atoms with van der Waals surface area (Å²) < 4.78 is 46.4. The molecule has 2 aromatic carbocycles. The van der Waals surface area contributed by atoms with E-state index in [4.69, 9.17) is 4.74 Å². The Hall–Kier alpha value is -2.80. The Morgan fingerprint density at radius 3 is 2.63 bits per heavy atom. The Bertz CT molecular complexity index is 1060. The highest BCUT2D eigenvalue weighted by Crippen LogP contribution is 2.35. The molecule has 7 heteroatoms. The molecule has 2 heterocycles. The molecule has 1 fully saturated rings. The molecule has 0 bridgehead atoms. The maximum atomic E-state index is 13.5. The van der Waals surface area contributed by atoms with Crippen LogP contribution in [-0.2, 0) is 17.5 Å². The van der Waals surface area contributed by atoms with Gasteiger partial charge in [-0.25, -0.2) is 0 Å². The van der Waals surface area contributed by atoms with E-state index in [2.05, 4.69) is 9.88 Å². The van der Waals surface area contributed by atoms with Gasteiger partial charge < -0.3 is 14.6 Å². The number of nitrogens with zero attached hydrogens (tertiary/aromatic N) is 1. The van der Waals surface area contributed by atoms with Gasteiger partial charge in [0.1, 0.15) is 0 Å². The van der Waals surface area contributed by atoms with Gasteiger partial charge in [-0.1, -0.05) is 30.3 Å². The van der Waals surface area contributed by atoms with Crippen molar-refractivity contribution in [3.63, 3.8) is 0 Å². The van der Waals surface area contributed by atoms with Gasteiger partial charge in [-0.2, -0.15) is 13.2 Å². The van der Waals surface area contributed by atoms with Crippen LogP contribution < -0.4 is 10.5 Å². The Balaban J connectivity index is 1.58. The number of aromatic nitrogens is 1. The van der Waals surface area contributed by atoms with Crippen LogP contribution in [0.25, 0.3) is 10.9 Å². The topological polar surface area (TPSA) is 45.3 Å². The van der Waals surface area contributed by atoms with Crippen LogP contribution >= 0.6 is 0 Å². The number of benzene rings is 2. The summed E-state index contributed by atoms with van der Waals surface area (Å²) in [6.07, 6.45) is -1.63.